The first-order valence-electron chi connectivity index (χ1n) is 5.30. The second-order valence-electron chi connectivity index (χ2n) is 4.09. The van der Waals surface area contributed by atoms with Gasteiger partial charge in [-0.05, 0) is 19.3 Å². The summed E-state index contributed by atoms with van der Waals surface area (Å²) in [6.07, 6.45) is 3.02. The van der Waals surface area contributed by atoms with Gasteiger partial charge in [0.25, 0.3) is 0 Å². The molecule has 0 aliphatic carbocycles. The predicted octanol–water partition coefficient (Wildman–Crippen LogP) is -0.0367. The zero-order valence-electron chi connectivity index (χ0n) is 9.85. The van der Waals surface area contributed by atoms with E-state index in [1.165, 1.54) is 0 Å². The average molecular weight is 271 g/mol. The van der Waals surface area contributed by atoms with Gasteiger partial charge in [0, 0.05) is 12.3 Å². The molecule has 98 valence electrons. The van der Waals surface area contributed by atoms with E-state index in [2.05, 4.69) is 0 Å². The Morgan fingerprint density at radius 3 is 2.06 bits per heavy atom. The molecule has 0 bridgehead atoms. The summed E-state index contributed by atoms with van der Waals surface area (Å²) in [5.41, 5.74) is 5.65. The number of hydrogen-bond donors (Lipinski definition) is 1. The molecule has 0 spiro atoms. The molecule has 0 aromatic rings. The molecule has 1 atom stereocenters. The van der Waals surface area contributed by atoms with E-state index >= 15 is 0 Å². The van der Waals surface area contributed by atoms with Crippen molar-refractivity contribution in [2.75, 3.05) is 23.5 Å². The van der Waals surface area contributed by atoms with Gasteiger partial charge in [0.15, 0.2) is 9.84 Å². The van der Waals surface area contributed by atoms with Gasteiger partial charge in [-0.3, -0.25) is 0 Å². The third-order valence-electron chi connectivity index (χ3n) is 2.32. The normalized spacial score (nSPS) is 14.9. The molecular weight excluding hydrogens is 250 g/mol. The molecule has 0 aliphatic heterocycles. The van der Waals surface area contributed by atoms with Crippen LogP contribution in [0.2, 0.25) is 0 Å². The summed E-state index contributed by atoms with van der Waals surface area (Å²) >= 11 is 0. The Hall–Kier alpha value is -0.140. The quantitative estimate of drug-likeness (QED) is 0.668. The number of hydrogen-bond acceptors (Lipinski definition) is 5. The summed E-state index contributed by atoms with van der Waals surface area (Å²) in [5, 5.41) is 0. The molecular formula is C9H21NO4S2. The Bertz CT molecular complexity index is 386. The van der Waals surface area contributed by atoms with Crippen molar-refractivity contribution in [3.63, 3.8) is 0 Å². The Morgan fingerprint density at radius 2 is 1.62 bits per heavy atom. The minimum absolute atomic E-state index is 0.0240. The Balaban J connectivity index is 3.98. The third kappa shape index (κ3) is 9.11. The SMILES string of the molecule is CCC(N)CCCS(=O)(=O)CCS(C)(=O)=O. The summed E-state index contributed by atoms with van der Waals surface area (Å²) in [6.45, 7) is 1.95. The lowest BCUT2D eigenvalue weighted by Crippen LogP contribution is -2.22. The average Bonchev–Trinajstić information content (AvgIpc) is 2.13. The minimum Gasteiger partial charge on any atom is -0.328 e. The van der Waals surface area contributed by atoms with Crippen LogP contribution in [0, 0.1) is 0 Å². The maximum Gasteiger partial charge on any atom is 0.151 e. The van der Waals surface area contributed by atoms with Crippen molar-refractivity contribution >= 4 is 19.7 Å². The van der Waals surface area contributed by atoms with Crippen LogP contribution in [-0.4, -0.2) is 46.4 Å². The Labute approximate surface area is 98.2 Å². The monoisotopic (exact) mass is 271 g/mol. The van der Waals surface area contributed by atoms with E-state index in [0.29, 0.717) is 12.8 Å². The maximum atomic E-state index is 11.4. The van der Waals surface area contributed by atoms with Crippen LogP contribution in [0.3, 0.4) is 0 Å². The molecule has 0 aromatic carbocycles. The van der Waals surface area contributed by atoms with E-state index in [1.54, 1.807) is 0 Å². The second kappa shape index (κ2) is 6.56. The molecule has 0 saturated heterocycles. The first-order valence-corrected chi connectivity index (χ1v) is 9.18. The highest BCUT2D eigenvalue weighted by molar-refractivity contribution is 7.94. The Morgan fingerprint density at radius 1 is 1.06 bits per heavy atom. The van der Waals surface area contributed by atoms with E-state index < -0.39 is 19.7 Å². The fraction of sp³-hybridized carbons (Fsp3) is 1.00. The summed E-state index contributed by atoms with van der Waals surface area (Å²) in [4.78, 5) is 0. The predicted molar refractivity (Wildman–Crippen MR) is 65.9 cm³/mol. The van der Waals surface area contributed by atoms with Crippen molar-refractivity contribution in [1.29, 1.82) is 0 Å². The molecule has 0 heterocycles. The van der Waals surface area contributed by atoms with E-state index in [9.17, 15) is 16.8 Å². The molecule has 5 nitrogen and oxygen atoms in total. The van der Waals surface area contributed by atoms with E-state index in [-0.39, 0.29) is 23.3 Å². The molecule has 0 saturated carbocycles. The highest BCUT2D eigenvalue weighted by Crippen LogP contribution is 2.03. The van der Waals surface area contributed by atoms with Crippen LogP contribution < -0.4 is 5.73 Å². The fourth-order valence-electron chi connectivity index (χ4n) is 1.15. The highest BCUT2D eigenvalue weighted by atomic mass is 32.2. The highest BCUT2D eigenvalue weighted by Gasteiger charge is 2.14. The van der Waals surface area contributed by atoms with Crippen LogP contribution in [0.5, 0.6) is 0 Å². The van der Waals surface area contributed by atoms with Gasteiger partial charge in [-0.15, -0.1) is 0 Å². The Kier molecular flexibility index (Phi) is 6.50. The van der Waals surface area contributed by atoms with E-state index in [1.807, 2.05) is 6.92 Å². The molecule has 7 heteroatoms. The zero-order chi connectivity index (χ0) is 12.8. The van der Waals surface area contributed by atoms with Gasteiger partial charge in [-0.1, -0.05) is 6.92 Å². The van der Waals surface area contributed by atoms with Crippen LogP contribution in [0.4, 0.5) is 0 Å². The lowest BCUT2D eigenvalue weighted by atomic mass is 10.1. The molecule has 0 aliphatic rings. The molecule has 0 radical (unpaired) electrons. The minimum atomic E-state index is -3.25. The molecule has 0 fully saturated rings. The summed E-state index contributed by atoms with van der Waals surface area (Å²) in [5.74, 6) is -0.557. The van der Waals surface area contributed by atoms with Crippen molar-refractivity contribution < 1.29 is 16.8 Å². The number of nitrogens with two attached hydrogens (primary N) is 1. The molecule has 0 amide bonds. The maximum absolute atomic E-state index is 11.4. The lowest BCUT2D eigenvalue weighted by molar-refractivity contribution is 0.567. The topological polar surface area (TPSA) is 94.3 Å². The van der Waals surface area contributed by atoms with Crippen LogP contribution in [-0.2, 0) is 19.7 Å². The summed E-state index contributed by atoms with van der Waals surface area (Å²) < 4.78 is 44.5. The number of sulfone groups is 2. The van der Waals surface area contributed by atoms with Crippen molar-refractivity contribution in [3.05, 3.63) is 0 Å². The first-order chi connectivity index (χ1) is 7.16. The van der Waals surface area contributed by atoms with E-state index in [0.717, 1.165) is 12.7 Å². The lowest BCUT2D eigenvalue weighted by Gasteiger charge is -2.08. The van der Waals surface area contributed by atoms with Gasteiger partial charge in [0.1, 0.15) is 9.84 Å². The molecule has 0 aromatic heterocycles. The standard InChI is InChI=1S/C9H21NO4S2/c1-3-9(10)5-4-6-16(13,14)8-7-15(2,11)12/h9H,3-8,10H2,1-2H3. The van der Waals surface area contributed by atoms with Gasteiger partial charge < -0.3 is 5.73 Å². The molecule has 2 N–H and O–H groups in total. The smallest absolute Gasteiger partial charge is 0.151 e. The second-order valence-corrected chi connectivity index (χ2v) is 8.66. The molecule has 1 unspecified atom stereocenters. The van der Waals surface area contributed by atoms with Crippen molar-refractivity contribution in [2.24, 2.45) is 5.73 Å². The largest absolute Gasteiger partial charge is 0.328 e. The van der Waals surface area contributed by atoms with Crippen molar-refractivity contribution in [3.8, 4) is 0 Å². The van der Waals surface area contributed by atoms with Gasteiger partial charge in [-0.2, -0.15) is 0 Å². The van der Waals surface area contributed by atoms with Crippen LogP contribution >= 0.6 is 0 Å². The number of rotatable bonds is 8. The van der Waals surface area contributed by atoms with Crippen LogP contribution in [0.15, 0.2) is 0 Å². The van der Waals surface area contributed by atoms with Crippen LogP contribution in [0.25, 0.3) is 0 Å². The van der Waals surface area contributed by atoms with Gasteiger partial charge >= 0.3 is 0 Å². The third-order valence-corrected chi connectivity index (χ3v) is 5.26. The van der Waals surface area contributed by atoms with Crippen molar-refractivity contribution in [1.82, 2.24) is 0 Å². The van der Waals surface area contributed by atoms with Crippen molar-refractivity contribution in [2.45, 2.75) is 32.2 Å². The molecule has 0 rings (SSSR count). The van der Waals surface area contributed by atoms with Gasteiger partial charge in [-0.25, -0.2) is 16.8 Å². The van der Waals surface area contributed by atoms with E-state index in [4.69, 9.17) is 5.73 Å². The summed E-state index contributed by atoms with van der Waals surface area (Å²) in [7, 11) is -6.46. The first kappa shape index (κ1) is 15.9. The zero-order valence-corrected chi connectivity index (χ0v) is 11.5. The molecule has 16 heavy (non-hydrogen) atoms. The van der Waals surface area contributed by atoms with Gasteiger partial charge in [0.05, 0.1) is 17.3 Å². The fourth-order valence-corrected chi connectivity index (χ4v) is 4.19. The van der Waals surface area contributed by atoms with Crippen LogP contribution in [0.1, 0.15) is 26.2 Å². The summed E-state index contributed by atoms with van der Waals surface area (Å²) in [6, 6.07) is 0.0325. The van der Waals surface area contributed by atoms with Gasteiger partial charge in [0.2, 0.25) is 0 Å².